The van der Waals surface area contributed by atoms with Crippen molar-refractivity contribution in [1.29, 1.82) is 5.41 Å². The molecule has 0 unspecified atom stereocenters. The zero-order chi connectivity index (χ0) is 14.7. The lowest BCUT2D eigenvalue weighted by molar-refractivity contribution is -0.384. The first-order valence-electron chi connectivity index (χ1n) is 5.71. The summed E-state index contributed by atoms with van der Waals surface area (Å²) in [6, 6.07) is 4.60. The molecule has 0 saturated carbocycles. The van der Waals surface area contributed by atoms with Crippen molar-refractivity contribution in [2.45, 2.75) is 13.5 Å². The standard InChI is InChI=1S/C12H12N4O3S.ClH/c1-8-2-3-9(10(6-8)16(18)19)14-11(17)7-15-4-5-20-12(15)13;/h2-6,13H,7H2,1H3,(H,14,17);1H/p-1. The second-order valence-electron chi connectivity index (χ2n) is 4.16. The Labute approximate surface area is 130 Å². The van der Waals surface area contributed by atoms with Gasteiger partial charge in [0.25, 0.3) is 5.69 Å². The minimum atomic E-state index is -0.531. The quantitative estimate of drug-likeness (QED) is 0.550. The largest absolute Gasteiger partial charge is 1.00 e. The molecule has 0 saturated heterocycles. The van der Waals surface area contributed by atoms with Gasteiger partial charge in [0.15, 0.2) is 4.80 Å². The third-order valence-electron chi connectivity index (χ3n) is 2.62. The molecule has 1 aromatic heterocycles. The minimum Gasteiger partial charge on any atom is -1.00 e. The second-order valence-corrected chi connectivity index (χ2v) is 5.06. The van der Waals surface area contributed by atoms with Crippen LogP contribution in [0.1, 0.15) is 5.56 Å². The highest BCUT2D eigenvalue weighted by Crippen LogP contribution is 2.25. The number of nitro groups is 1. The smallest absolute Gasteiger partial charge is 0.293 e. The molecule has 7 nitrogen and oxygen atoms in total. The molecule has 2 aromatic rings. The van der Waals surface area contributed by atoms with Gasteiger partial charge >= 0.3 is 0 Å². The van der Waals surface area contributed by atoms with E-state index in [4.69, 9.17) is 5.41 Å². The van der Waals surface area contributed by atoms with Crippen LogP contribution in [0.3, 0.4) is 0 Å². The molecule has 2 rings (SSSR count). The molecule has 1 heterocycles. The Morgan fingerprint density at radius 1 is 1.52 bits per heavy atom. The van der Waals surface area contributed by atoms with Crippen molar-refractivity contribution in [3.05, 3.63) is 50.3 Å². The molecular weight excluding hydrogens is 316 g/mol. The first kappa shape index (κ1) is 16.9. The number of anilines is 1. The number of nitrogens with one attached hydrogen (secondary N) is 2. The molecule has 2 N–H and O–H groups in total. The van der Waals surface area contributed by atoms with Crippen LogP contribution >= 0.6 is 11.3 Å². The lowest BCUT2D eigenvalue weighted by atomic mass is 10.2. The number of nitrogens with zero attached hydrogens (tertiary/aromatic N) is 2. The van der Waals surface area contributed by atoms with Crippen LogP contribution in [0.4, 0.5) is 11.4 Å². The molecule has 112 valence electrons. The Balaban J connectivity index is 0.00000220. The summed E-state index contributed by atoms with van der Waals surface area (Å²) >= 11 is 1.20. The maximum Gasteiger partial charge on any atom is 0.293 e. The maximum atomic E-state index is 11.9. The summed E-state index contributed by atoms with van der Waals surface area (Å²) < 4.78 is 1.46. The molecule has 1 amide bonds. The van der Waals surface area contributed by atoms with E-state index in [0.29, 0.717) is 0 Å². The van der Waals surface area contributed by atoms with Gasteiger partial charge in [-0.2, -0.15) is 0 Å². The van der Waals surface area contributed by atoms with Crippen LogP contribution in [0.5, 0.6) is 0 Å². The Kier molecular flexibility index (Phi) is 5.62. The van der Waals surface area contributed by atoms with Gasteiger partial charge in [-0.05, 0) is 18.6 Å². The van der Waals surface area contributed by atoms with Crippen molar-refractivity contribution in [3.8, 4) is 0 Å². The Morgan fingerprint density at radius 2 is 2.24 bits per heavy atom. The van der Waals surface area contributed by atoms with Gasteiger partial charge in [-0.3, -0.25) is 20.3 Å². The van der Waals surface area contributed by atoms with Gasteiger partial charge in [0, 0.05) is 17.6 Å². The molecule has 21 heavy (non-hydrogen) atoms. The average molecular weight is 328 g/mol. The van der Waals surface area contributed by atoms with Gasteiger partial charge < -0.3 is 22.3 Å². The lowest BCUT2D eigenvalue weighted by Gasteiger charge is -2.07. The van der Waals surface area contributed by atoms with Crippen molar-refractivity contribution in [2.75, 3.05) is 5.32 Å². The number of rotatable bonds is 4. The number of nitro benzene ring substituents is 1. The predicted molar refractivity (Wildman–Crippen MR) is 74.6 cm³/mol. The van der Waals surface area contributed by atoms with Crippen LogP contribution in [-0.2, 0) is 11.3 Å². The van der Waals surface area contributed by atoms with Gasteiger partial charge in [0.1, 0.15) is 12.2 Å². The van der Waals surface area contributed by atoms with E-state index in [-0.39, 0.29) is 35.1 Å². The molecule has 0 aliphatic heterocycles. The average Bonchev–Trinajstić information content (AvgIpc) is 2.77. The van der Waals surface area contributed by atoms with Crippen molar-refractivity contribution < 1.29 is 22.1 Å². The normalized spacial score (nSPS) is 9.76. The van der Waals surface area contributed by atoms with Crippen LogP contribution in [-0.4, -0.2) is 15.4 Å². The van der Waals surface area contributed by atoms with Crippen molar-refractivity contribution in [1.82, 2.24) is 4.57 Å². The fourth-order valence-electron chi connectivity index (χ4n) is 1.67. The number of aromatic nitrogens is 1. The third kappa shape index (κ3) is 4.14. The number of hydrogen-bond acceptors (Lipinski definition) is 5. The number of halogens is 1. The molecule has 0 radical (unpaired) electrons. The summed E-state index contributed by atoms with van der Waals surface area (Å²) in [4.78, 5) is 22.5. The van der Waals surface area contributed by atoms with E-state index in [0.717, 1.165) is 5.56 Å². The van der Waals surface area contributed by atoms with Crippen LogP contribution in [0.2, 0.25) is 0 Å². The molecule has 0 atom stereocenters. The Morgan fingerprint density at radius 3 is 2.81 bits per heavy atom. The molecule has 0 bridgehead atoms. The summed E-state index contributed by atoms with van der Waals surface area (Å²) in [6.07, 6.45) is 1.62. The summed E-state index contributed by atoms with van der Waals surface area (Å²) in [5, 5.41) is 22.7. The highest BCUT2D eigenvalue weighted by molar-refractivity contribution is 7.06. The lowest BCUT2D eigenvalue weighted by Crippen LogP contribution is -3.00. The van der Waals surface area contributed by atoms with Crippen LogP contribution in [0.25, 0.3) is 0 Å². The van der Waals surface area contributed by atoms with Crippen LogP contribution in [0, 0.1) is 22.4 Å². The number of carbonyl (C=O) groups is 1. The van der Waals surface area contributed by atoms with E-state index < -0.39 is 10.8 Å². The van der Waals surface area contributed by atoms with Gasteiger partial charge in [0.2, 0.25) is 5.91 Å². The Hall–Kier alpha value is -2.19. The third-order valence-corrected chi connectivity index (χ3v) is 3.33. The number of carbonyl (C=O) groups excluding carboxylic acids is 1. The summed E-state index contributed by atoms with van der Waals surface area (Å²) in [5.74, 6) is -0.408. The van der Waals surface area contributed by atoms with E-state index in [1.165, 1.54) is 28.0 Å². The number of aryl methyl sites for hydroxylation is 1. The van der Waals surface area contributed by atoms with E-state index in [1.807, 2.05) is 0 Å². The number of amides is 1. The minimum absolute atomic E-state index is 0. The van der Waals surface area contributed by atoms with E-state index in [9.17, 15) is 14.9 Å². The fraction of sp³-hybridized carbons (Fsp3) is 0.167. The van der Waals surface area contributed by atoms with E-state index in [2.05, 4.69) is 5.32 Å². The number of hydrogen-bond donors (Lipinski definition) is 2. The number of thiazole rings is 1. The molecule has 9 heteroatoms. The molecule has 1 aromatic carbocycles. The SMILES string of the molecule is Cc1ccc(NC(=O)Cn2ccsc2=N)c([N+](=O)[O-])c1.[Cl-]. The van der Waals surface area contributed by atoms with Gasteiger partial charge in [-0.15, -0.1) is 11.3 Å². The van der Waals surface area contributed by atoms with E-state index >= 15 is 0 Å². The molecule has 0 aliphatic rings. The molecule has 0 fully saturated rings. The number of benzene rings is 1. The van der Waals surface area contributed by atoms with Crippen LogP contribution in [0.15, 0.2) is 29.8 Å². The van der Waals surface area contributed by atoms with Gasteiger partial charge in [-0.25, -0.2) is 0 Å². The van der Waals surface area contributed by atoms with Crippen molar-refractivity contribution >= 4 is 28.6 Å². The first-order chi connectivity index (χ1) is 9.47. The van der Waals surface area contributed by atoms with Gasteiger partial charge in [0.05, 0.1) is 4.92 Å². The van der Waals surface area contributed by atoms with E-state index in [1.54, 1.807) is 24.6 Å². The highest BCUT2D eigenvalue weighted by atomic mass is 35.5. The summed E-state index contributed by atoms with van der Waals surface area (Å²) in [5.41, 5.74) is 0.767. The summed E-state index contributed by atoms with van der Waals surface area (Å²) in [7, 11) is 0. The molecular formula is C12H12ClN4O3S-. The zero-order valence-electron chi connectivity index (χ0n) is 11.0. The topological polar surface area (TPSA) is 101 Å². The molecule has 0 aliphatic carbocycles. The fourth-order valence-corrected chi connectivity index (χ4v) is 2.27. The molecule has 0 spiro atoms. The predicted octanol–water partition coefficient (Wildman–Crippen LogP) is -1.11. The monoisotopic (exact) mass is 327 g/mol. The summed E-state index contributed by atoms with van der Waals surface area (Å²) in [6.45, 7) is 1.69. The maximum absolute atomic E-state index is 11.9. The second kappa shape index (κ2) is 7.00. The Bertz CT molecular complexity index is 725. The first-order valence-corrected chi connectivity index (χ1v) is 6.59. The van der Waals surface area contributed by atoms with Crippen LogP contribution < -0.4 is 22.5 Å². The van der Waals surface area contributed by atoms with Gasteiger partial charge in [-0.1, -0.05) is 6.07 Å². The highest BCUT2D eigenvalue weighted by Gasteiger charge is 2.16. The van der Waals surface area contributed by atoms with Crippen molar-refractivity contribution in [2.24, 2.45) is 0 Å². The van der Waals surface area contributed by atoms with Crippen molar-refractivity contribution in [3.63, 3.8) is 0 Å². The zero-order valence-corrected chi connectivity index (χ0v) is 12.6.